The molecule has 1 atom stereocenters. The minimum atomic E-state index is -0.316. The summed E-state index contributed by atoms with van der Waals surface area (Å²) < 4.78 is 0.270. The van der Waals surface area contributed by atoms with Gasteiger partial charge in [0.15, 0.2) is 0 Å². The van der Waals surface area contributed by atoms with E-state index >= 15 is 0 Å². The van der Waals surface area contributed by atoms with E-state index in [1.54, 1.807) is 6.92 Å². The molecule has 0 fully saturated rings. The van der Waals surface area contributed by atoms with E-state index in [9.17, 15) is 4.79 Å². The van der Waals surface area contributed by atoms with Crippen LogP contribution in [0.15, 0.2) is 12.2 Å². The number of carbonyl (C=O) groups is 1. The van der Waals surface area contributed by atoms with Crippen LogP contribution in [0.3, 0.4) is 0 Å². The number of nitrogens with zero attached hydrogens (tertiary/aromatic N) is 1. The molecule has 1 unspecified atom stereocenters. The van der Waals surface area contributed by atoms with Gasteiger partial charge in [0.2, 0.25) is 0 Å². The van der Waals surface area contributed by atoms with Crippen LogP contribution in [0.25, 0.3) is 0 Å². The van der Waals surface area contributed by atoms with Gasteiger partial charge in [-0.3, -0.25) is 4.84 Å². The summed E-state index contributed by atoms with van der Waals surface area (Å²) in [7, 11) is 3.81. The highest BCUT2D eigenvalue weighted by atomic mass is 16.7. The van der Waals surface area contributed by atoms with Crippen LogP contribution in [0.2, 0.25) is 0 Å². The Balaban J connectivity index is 4.26. The fourth-order valence-electron chi connectivity index (χ4n) is 1.19. The minimum Gasteiger partial charge on any atom is -0.272 e. The van der Waals surface area contributed by atoms with Gasteiger partial charge in [-0.15, -0.1) is 4.65 Å². The zero-order valence-electron chi connectivity index (χ0n) is 10.7. The van der Waals surface area contributed by atoms with Crippen molar-refractivity contribution in [3.63, 3.8) is 0 Å². The van der Waals surface area contributed by atoms with Crippen molar-refractivity contribution in [2.24, 2.45) is 0 Å². The molecule has 3 nitrogen and oxygen atoms in total. The largest absolute Gasteiger partial charge is 0.392 e. The second-order valence-electron chi connectivity index (χ2n) is 4.58. The fraction of sp³-hybridized carbons (Fsp3) is 0.750. The van der Waals surface area contributed by atoms with Gasteiger partial charge in [-0.1, -0.05) is 19.9 Å². The highest BCUT2D eigenvalue weighted by molar-refractivity contribution is 5.86. The van der Waals surface area contributed by atoms with E-state index in [-0.39, 0.29) is 10.6 Å². The van der Waals surface area contributed by atoms with Gasteiger partial charge < -0.3 is 0 Å². The van der Waals surface area contributed by atoms with E-state index < -0.39 is 0 Å². The lowest BCUT2D eigenvalue weighted by Gasteiger charge is -2.32. The summed E-state index contributed by atoms with van der Waals surface area (Å²) in [6, 6.07) is 0.313. The second kappa shape index (κ2) is 5.91. The zero-order chi connectivity index (χ0) is 12.1. The molecular weight excluding hydrogens is 190 g/mol. The normalized spacial score (nSPS) is 13.4. The molecule has 0 aliphatic carbocycles. The molecule has 0 spiro atoms. The molecule has 0 rings (SSSR count). The maximum Gasteiger partial charge on any atom is 0.392 e. The van der Waals surface area contributed by atoms with Crippen molar-refractivity contribution in [3.05, 3.63) is 12.2 Å². The number of hydrogen-bond acceptors (Lipinski definition) is 2. The molecule has 0 bridgehead atoms. The van der Waals surface area contributed by atoms with Crippen molar-refractivity contribution in [2.75, 3.05) is 14.1 Å². The molecule has 0 N–H and O–H groups in total. The van der Waals surface area contributed by atoms with Crippen molar-refractivity contribution < 1.29 is 14.3 Å². The molecule has 88 valence electrons. The van der Waals surface area contributed by atoms with Gasteiger partial charge in [0.1, 0.15) is 20.1 Å². The molecule has 0 aromatic heterocycles. The van der Waals surface area contributed by atoms with Crippen LogP contribution in [0, 0.1) is 0 Å². The molecule has 0 aliphatic heterocycles. The van der Waals surface area contributed by atoms with E-state index in [2.05, 4.69) is 20.4 Å². The van der Waals surface area contributed by atoms with Crippen LogP contribution >= 0.6 is 0 Å². The van der Waals surface area contributed by atoms with Crippen LogP contribution in [-0.4, -0.2) is 30.8 Å². The zero-order valence-corrected chi connectivity index (χ0v) is 10.7. The maximum absolute atomic E-state index is 11.4. The van der Waals surface area contributed by atoms with Gasteiger partial charge in [0.25, 0.3) is 0 Å². The van der Waals surface area contributed by atoms with E-state index in [1.165, 1.54) is 6.42 Å². The Kier molecular flexibility index (Phi) is 5.58. The first kappa shape index (κ1) is 14.2. The van der Waals surface area contributed by atoms with E-state index in [1.807, 2.05) is 14.1 Å². The summed E-state index contributed by atoms with van der Waals surface area (Å²) in [5.41, 5.74) is 0.448. The Labute approximate surface area is 93.3 Å². The smallest absolute Gasteiger partial charge is 0.272 e. The molecule has 0 heterocycles. The Hall–Kier alpha value is -0.830. The molecule has 0 amide bonds. The lowest BCUT2D eigenvalue weighted by atomic mass is 10.1. The lowest BCUT2D eigenvalue weighted by molar-refractivity contribution is -1.08. The third kappa shape index (κ3) is 4.98. The predicted octanol–water partition coefficient (Wildman–Crippen LogP) is 2.68. The Bertz CT molecular complexity index is 234. The highest BCUT2D eigenvalue weighted by Gasteiger charge is 2.29. The quantitative estimate of drug-likeness (QED) is 0.386. The van der Waals surface area contributed by atoms with Crippen LogP contribution in [0.1, 0.15) is 40.0 Å². The van der Waals surface area contributed by atoms with Crippen molar-refractivity contribution in [2.45, 2.75) is 46.1 Å². The van der Waals surface area contributed by atoms with E-state index in [0.717, 1.165) is 12.8 Å². The van der Waals surface area contributed by atoms with E-state index in [0.29, 0.717) is 11.6 Å². The second-order valence-corrected chi connectivity index (χ2v) is 4.58. The molecule has 0 saturated heterocycles. The minimum absolute atomic E-state index is 0.270. The van der Waals surface area contributed by atoms with Gasteiger partial charge in [-0.25, -0.2) is 4.79 Å². The van der Waals surface area contributed by atoms with Crippen LogP contribution in [0.4, 0.5) is 0 Å². The highest BCUT2D eigenvalue weighted by Crippen LogP contribution is 2.15. The van der Waals surface area contributed by atoms with Crippen LogP contribution in [-0.2, 0) is 9.63 Å². The predicted molar refractivity (Wildman–Crippen MR) is 62.0 cm³/mol. The van der Waals surface area contributed by atoms with Gasteiger partial charge in [-0.2, -0.15) is 0 Å². The number of hydrogen-bond donors (Lipinski definition) is 0. The SMILES string of the molecule is C=C(C)C(=O)O[N+](C)(C)C(C)CCCC. The summed E-state index contributed by atoms with van der Waals surface area (Å²) in [6.07, 6.45) is 3.39. The number of hydroxylamine groups is 3. The van der Waals surface area contributed by atoms with Crippen molar-refractivity contribution in [3.8, 4) is 0 Å². The molecule has 0 aromatic carbocycles. The number of rotatable bonds is 6. The number of quaternary nitrogens is 1. The average Bonchev–Trinajstić information content (AvgIpc) is 2.13. The Morgan fingerprint density at radius 1 is 1.47 bits per heavy atom. The Morgan fingerprint density at radius 3 is 2.40 bits per heavy atom. The summed E-state index contributed by atoms with van der Waals surface area (Å²) in [5, 5.41) is 0. The molecule has 15 heavy (non-hydrogen) atoms. The van der Waals surface area contributed by atoms with Gasteiger partial charge >= 0.3 is 5.97 Å². The van der Waals surface area contributed by atoms with Gasteiger partial charge in [-0.05, 0) is 20.3 Å². The Morgan fingerprint density at radius 2 is 2.00 bits per heavy atom. The van der Waals surface area contributed by atoms with Crippen LogP contribution in [0.5, 0.6) is 0 Å². The number of carbonyl (C=O) groups excluding carboxylic acids is 1. The van der Waals surface area contributed by atoms with Crippen molar-refractivity contribution in [1.82, 2.24) is 0 Å². The molecule has 0 saturated carbocycles. The molecule has 0 aromatic rings. The summed E-state index contributed by atoms with van der Waals surface area (Å²) in [4.78, 5) is 16.8. The standard InChI is InChI=1S/C12H24NO2/c1-7-8-9-11(4)13(5,6)15-12(14)10(2)3/h11H,2,7-9H2,1,3-6H3/q+1. The monoisotopic (exact) mass is 214 g/mol. The molecule has 0 aliphatic rings. The summed E-state index contributed by atoms with van der Waals surface area (Å²) in [6.45, 7) is 9.50. The number of unbranched alkanes of at least 4 members (excludes halogenated alkanes) is 1. The summed E-state index contributed by atoms with van der Waals surface area (Å²) >= 11 is 0. The first-order valence-corrected chi connectivity index (χ1v) is 5.54. The lowest BCUT2D eigenvalue weighted by Crippen LogP contribution is -2.48. The molecule has 3 heteroatoms. The average molecular weight is 214 g/mol. The third-order valence-corrected chi connectivity index (χ3v) is 2.70. The van der Waals surface area contributed by atoms with Crippen molar-refractivity contribution in [1.29, 1.82) is 0 Å². The van der Waals surface area contributed by atoms with Crippen molar-refractivity contribution >= 4 is 5.97 Å². The van der Waals surface area contributed by atoms with E-state index in [4.69, 9.17) is 4.84 Å². The first-order valence-electron chi connectivity index (χ1n) is 5.54. The van der Waals surface area contributed by atoms with Crippen LogP contribution < -0.4 is 0 Å². The third-order valence-electron chi connectivity index (χ3n) is 2.70. The van der Waals surface area contributed by atoms with Gasteiger partial charge in [0, 0.05) is 12.0 Å². The maximum atomic E-state index is 11.4. The fourth-order valence-corrected chi connectivity index (χ4v) is 1.19. The van der Waals surface area contributed by atoms with Gasteiger partial charge in [0.05, 0.1) is 0 Å². The molecule has 0 radical (unpaired) electrons. The topological polar surface area (TPSA) is 26.3 Å². The summed E-state index contributed by atoms with van der Waals surface area (Å²) in [5.74, 6) is -0.316. The molecular formula is C12H24NO2+. The first-order chi connectivity index (χ1) is 6.81.